The number of hydrogen-bond donors (Lipinski definition) is 1. The van der Waals surface area contributed by atoms with Crippen LogP contribution in [-0.2, 0) is 16.6 Å². The molecule has 132 valence electrons. The number of carbonyl (C=O) groups excluding carboxylic acids is 3. The molecule has 0 saturated carbocycles. The van der Waals surface area contributed by atoms with Gasteiger partial charge in [0, 0.05) is 49.7 Å². The highest BCUT2D eigenvalue weighted by Gasteiger charge is 2.24. The van der Waals surface area contributed by atoms with Crippen LogP contribution in [0.25, 0.3) is 10.9 Å². The number of fused-ring (bicyclic) bond motifs is 1. The van der Waals surface area contributed by atoms with Crippen molar-refractivity contribution in [2.45, 2.75) is 26.2 Å². The molecule has 1 aliphatic heterocycles. The van der Waals surface area contributed by atoms with Gasteiger partial charge < -0.3 is 14.8 Å². The Hall–Kier alpha value is -2.63. The van der Waals surface area contributed by atoms with Gasteiger partial charge in [0.1, 0.15) is 0 Å². The minimum atomic E-state index is -0.591. The summed E-state index contributed by atoms with van der Waals surface area (Å²) < 4.78 is 1.93. The number of benzene rings is 1. The fourth-order valence-electron chi connectivity index (χ4n) is 3.41. The Morgan fingerprint density at radius 3 is 2.72 bits per heavy atom. The van der Waals surface area contributed by atoms with Crippen molar-refractivity contribution in [3.05, 3.63) is 35.5 Å². The molecule has 0 spiro atoms. The number of nitrogens with one attached hydrogen (secondary N) is 1. The lowest BCUT2D eigenvalue weighted by atomic mass is 10.1. The molecule has 2 amide bonds. The number of ketones is 1. The largest absolute Gasteiger partial charge is 0.349 e. The first kappa shape index (κ1) is 17.2. The summed E-state index contributed by atoms with van der Waals surface area (Å²) >= 11 is 0. The zero-order valence-electron chi connectivity index (χ0n) is 14.7. The number of para-hydroxylation sites is 1. The Bertz CT molecular complexity index is 838. The average Bonchev–Trinajstić information content (AvgIpc) is 3.13. The molecule has 1 fully saturated rings. The van der Waals surface area contributed by atoms with Crippen LogP contribution in [0, 0.1) is 6.92 Å². The number of aryl methyl sites for hydroxylation is 1. The first-order chi connectivity index (χ1) is 12.0. The van der Waals surface area contributed by atoms with Crippen LogP contribution < -0.4 is 5.32 Å². The molecule has 1 aliphatic rings. The van der Waals surface area contributed by atoms with E-state index in [-0.39, 0.29) is 5.91 Å². The van der Waals surface area contributed by atoms with Gasteiger partial charge in [-0.1, -0.05) is 18.2 Å². The van der Waals surface area contributed by atoms with Crippen LogP contribution in [0.4, 0.5) is 0 Å². The van der Waals surface area contributed by atoms with Crippen LogP contribution in [-0.4, -0.2) is 46.7 Å². The number of amides is 2. The first-order valence-electron chi connectivity index (χ1n) is 8.65. The second-order valence-electron chi connectivity index (χ2n) is 6.46. The fourth-order valence-corrected chi connectivity index (χ4v) is 3.41. The lowest BCUT2D eigenvalue weighted by molar-refractivity contribution is -0.127. The number of carbonyl (C=O) groups is 3. The van der Waals surface area contributed by atoms with Gasteiger partial charge in [-0.2, -0.15) is 0 Å². The molecule has 0 unspecified atom stereocenters. The number of aromatic nitrogens is 1. The lowest BCUT2D eigenvalue weighted by Gasteiger charge is -2.15. The van der Waals surface area contributed by atoms with Crippen molar-refractivity contribution in [1.82, 2.24) is 14.8 Å². The summed E-state index contributed by atoms with van der Waals surface area (Å²) in [4.78, 5) is 38.2. The molecule has 1 N–H and O–H groups in total. The van der Waals surface area contributed by atoms with Crippen molar-refractivity contribution in [1.29, 1.82) is 0 Å². The van der Waals surface area contributed by atoms with Crippen molar-refractivity contribution >= 4 is 28.5 Å². The predicted molar refractivity (Wildman–Crippen MR) is 95.4 cm³/mol. The summed E-state index contributed by atoms with van der Waals surface area (Å²) in [6, 6.07) is 7.57. The van der Waals surface area contributed by atoms with E-state index in [0.29, 0.717) is 31.5 Å². The molecule has 3 rings (SSSR count). The zero-order chi connectivity index (χ0) is 18.0. The van der Waals surface area contributed by atoms with Crippen molar-refractivity contribution in [2.75, 3.05) is 19.6 Å². The number of hydrogen-bond acceptors (Lipinski definition) is 3. The Morgan fingerprint density at radius 2 is 2.00 bits per heavy atom. The maximum atomic E-state index is 12.6. The minimum absolute atomic E-state index is 0.175. The van der Waals surface area contributed by atoms with E-state index in [9.17, 15) is 14.4 Å². The number of Topliss-reactive ketones (excluding diaryl/α,β-unsaturated/α-hetero) is 1. The lowest BCUT2D eigenvalue weighted by Crippen LogP contribution is -2.34. The van der Waals surface area contributed by atoms with Crippen LogP contribution in [0.2, 0.25) is 0 Å². The van der Waals surface area contributed by atoms with Crippen molar-refractivity contribution < 1.29 is 14.4 Å². The average molecular weight is 341 g/mol. The van der Waals surface area contributed by atoms with Crippen LogP contribution in [0.3, 0.4) is 0 Å². The summed E-state index contributed by atoms with van der Waals surface area (Å²) in [5, 5.41) is 3.48. The van der Waals surface area contributed by atoms with Gasteiger partial charge in [0.05, 0.1) is 5.56 Å². The summed E-state index contributed by atoms with van der Waals surface area (Å²) in [6.07, 6.45) is 2.18. The van der Waals surface area contributed by atoms with E-state index in [1.807, 2.05) is 47.7 Å². The van der Waals surface area contributed by atoms with E-state index in [1.165, 1.54) is 0 Å². The molecule has 1 aromatic carbocycles. The van der Waals surface area contributed by atoms with Gasteiger partial charge in [-0.05, 0) is 25.8 Å². The molecule has 0 radical (unpaired) electrons. The molecule has 0 atom stereocenters. The van der Waals surface area contributed by atoms with Crippen LogP contribution in [0.15, 0.2) is 24.3 Å². The summed E-state index contributed by atoms with van der Waals surface area (Å²) in [5.41, 5.74) is 2.18. The fraction of sp³-hybridized carbons (Fsp3) is 0.421. The SMILES string of the molecule is Cc1c(C(=O)C(=O)NCCCN2CCCC2=O)c2ccccc2n1C. The summed E-state index contributed by atoms with van der Waals surface area (Å²) in [5.74, 6) is -0.924. The number of nitrogens with zero attached hydrogens (tertiary/aromatic N) is 2. The molecular formula is C19H23N3O3. The van der Waals surface area contributed by atoms with E-state index in [0.717, 1.165) is 29.6 Å². The van der Waals surface area contributed by atoms with Crippen LogP contribution >= 0.6 is 0 Å². The maximum Gasteiger partial charge on any atom is 0.292 e. The number of rotatable bonds is 6. The molecular weight excluding hydrogens is 318 g/mol. The third-order valence-electron chi connectivity index (χ3n) is 4.89. The molecule has 6 heteroatoms. The Morgan fingerprint density at radius 1 is 1.24 bits per heavy atom. The molecule has 1 aromatic heterocycles. The highest BCUT2D eigenvalue weighted by molar-refractivity contribution is 6.45. The molecule has 1 saturated heterocycles. The topological polar surface area (TPSA) is 71.4 Å². The molecule has 0 aliphatic carbocycles. The summed E-state index contributed by atoms with van der Waals surface area (Å²) in [6.45, 7) is 3.65. The Labute approximate surface area is 146 Å². The monoisotopic (exact) mass is 341 g/mol. The van der Waals surface area contributed by atoms with Crippen LogP contribution in [0.5, 0.6) is 0 Å². The van der Waals surface area contributed by atoms with Gasteiger partial charge in [0.15, 0.2) is 0 Å². The van der Waals surface area contributed by atoms with E-state index < -0.39 is 11.7 Å². The molecule has 0 bridgehead atoms. The predicted octanol–water partition coefficient (Wildman–Crippen LogP) is 1.80. The van der Waals surface area contributed by atoms with Gasteiger partial charge in [-0.15, -0.1) is 0 Å². The highest BCUT2D eigenvalue weighted by Crippen LogP contribution is 2.25. The minimum Gasteiger partial charge on any atom is -0.349 e. The second kappa shape index (κ2) is 7.09. The quantitative estimate of drug-likeness (QED) is 0.495. The molecule has 2 aromatic rings. The highest BCUT2D eigenvalue weighted by atomic mass is 16.2. The van der Waals surface area contributed by atoms with Crippen molar-refractivity contribution in [3.8, 4) is 0 Å². The Balaban J connectivity index is 1.62. The van der Waals surface area contributed by atoms with Crippen molar-refractivity contribution in [2.24, 2.45) is 7.05 Å². The van der Waals surface area contributed by atoms with E-state index in [4.69, 9.17) is 0 Å². The van der Waals surface area contributed by atoms with Crippen molar-refractivity contribution in [3.63, 3.8) is 0 Å². The van der Waals surface area contributed by atoms with Gasteiger partial charge in [-0.25, -0.2) is 0 Å². The molecule has 25 heavy (non-hydrogen) atoms. The Kier molecular flexibility index (Phi) is 4.88. The van der Waals surface area contributed by atoms with Gasteiger partial charge >= 0.3 is 0 Å². The van der Waals surface area contributed by atoms with Crippen LogP contribution in [0.1, 0.15) is 35.3 Å². The molecule has 2 heterocycles. The maximum absolute atomic E-state index is 12.6. The van der Waals surface area contributed by atoms with E-state index >= 15 is 0 Å². The first-order valence-corrected chi connectivity index (χ1v) is 8.65. The van der Waals surface area contributed by atoms with Gasteiger partial charge in [0.25, 0.3) is 11.7 Å². The third kappa shape index (κ3) is 3.29. The van der Waals surface area contributed by atoms with E-state index in [1.54, 1.807) is 0 Å². The smallest absolute Gasteiger partial charge is 0.292 e. The van der Waals surface area contributed by atoms with Gasteiger partial charge in [-0.3, -0.25) is 14.4 Å². The third-order valence-corrected chi connectivity index (χ3v) is 4.89. The molecule has 6 nitrogen and oxygen atoms in total. The van der Waals surface area contributed by atoms with Gasteiger partial charge in [0.2, 0.25) is 5.91 Å². The second-order valence-corrected chi connectivity index (χ2v) is 6.46. The standard InChI is InChI=1S/C19H23N3O3/c1-13-17(14-7-3-4-8-15(14)21(13)2)18(24)19(25)20-10-6-12-22-11-5-9-16(22)23/h3-4,7-8H,5-6,9-12H2,1-2H3,(H,20,25). The van der Waals surface area contributed by atoms with E-state index in [2.05, 4.69) is 5.32 Å². The summed E-state index contributed by atoms with van der Waals surface area (Å²) in [7, 11) is 1.89. The normalized spacial score (nSPS) is 14.3. The number of likely N-dealkylation sites (tertiary alicyclic amines) is 1. The zero-order valence-corrected chi connectivity index (χ0v) is 14.7.